The normalized spacial score (nSPS) is 14.3. The van der Waals surface area contributed by atoms with Crippen molar-refractivity contribution in [1.29, 1.82) is 0 Å². The van der Waals surface area contributed by atoms with Gasteiger partial charge in [0.2, 0.25) is 5.91 Å². The topological polar surface area (TPSA) is 74.4 Å². The third-order valence-corrected chi connectivity index (χ3v) is 7.89. The maximum absolute atomic E-state index is 13.6. The van der Waals surface area contributed by atoms with E-state index in [1.54, 1.807) is 0 Å². The van der Waals surface area contributed by atoms with Gasteiger partial charge < -0.3 is 19.9 Å². The number of esters is 1. The molecule has 5 rings (SSSR count). The number of nitrogens with zero attached hydrogens (tertiary/aromatic N) is 1. The van der Waals surface area contributed by atoms with Crippen molar-refractivity contribution in [3.8, 4) is 0 Å². The Bertz CT molecular complexity index is 1520. The van der Waals surface area contributed by atoms with Crippen LogP contribution in [-0.4, -0.2) is 35.6 Å². The van der Waals surface area contributed by atoms with Gasteiger partial charge in [0.15, 0.2) is 0 Å². The number of hydrogen-bond donors (Lipinski definition) is 2. The Balaban J connectivity index is 1.36. The van der Waals surface area contributed by atoms with Gasteiger partial charge in [-0.3, -0.25) is 9.59 Å². The van der Waals surface area contributed by atoms with Crippen LogP contribution in [0.4, 0.5) is 5.69 Å². The van der Waals surface area contributed by atoms with Gasteiger partial charge in [-0.2, -0.15) is 0 Å². The molecule has 1 aliphatic heterocycles. The Morgan fingerprint density at radius 2 is 1.78 bits per heavy atom. The van der Waals surface area contributed by atoms with E-state index in [0.717, 1.165) is 50.7 Å². The van der Waals surface area contributed by atoms with Gasteiger partial charge in [0.1, 0.15) is 5.60 Å². The second-order valence-corrected chi connectivity index (χ2v) is 12.7. The van der Waals surface area contributed by atoms with E-state index in [-0.39, 0.29) is 24.3 Å². The van der Waals surface area contributed by atoms with E-state index in [1.165, 1.54) is 18.5 Å². The molecular weight excluding hydrogens is 578 g/mol. The number of carbonyl (C=O) groups is 2. The zero-order chi connectivity index (χ0) is 29.0. The number of carbonyl (C=O) groups excluding carboxylic acids is 2. The minimum Gasteiger partial charge on any atom is -0.460 e. The summed E-state index contributed by atoms with van der Waals surface area (Å²) in [5.41, 5.74) is 5.76. The van der Waals surface area contributed by atoms with E-state index < -0.39 is 5.60 Å². The monoisotopic (exact) mass is 615 g/mol. The van der Waals surface area contributed by atoms with Gasteiger partial charge in [0, 0.05) is 52.3 Å². The van der Waals surface area contributed by atoms with Gasteiger partial charge >= 0.3 is 5.97 Å². The molecule has 6 nitrogen and oxygen atoms in total. The lowest BCUT2D eigenvalue weighted by Crippen LogP contribution is -2.32. The number of nitrogens with one attached hydrogen (secondary N) is 2. The van der Waals surface area contributed by atoms with Crippen LogP contribution >= 0.6 is 15.9 Å². The van der Waals surface area contributed by atoms with Crippen molar-refractivity contribution in [3.63, 3.8) is 0 Å². The number of rotatable bonds is 9. The summed E-state index contributed by atoms with van der Waals surface area (Å²) in [6.45, 7) is 7.67. The molecule has 7 heteroatoms. The first-order valence-electron chi connectivity index (χ1n) is 14.4. The molecule has 0 saturated carbocycles. The summed E-state index contributed by atoms with van der Waals surface area (Å²) in [7, 11) is 0. The van der Waals surface area contributed by atoms with Crippen LogP contribution in [0.3, 0.4) is 0 Å². The number of aryl methyl sites for hydroxylation is 1. The number of H-pyrrole nitrogens is 1. The number of halogens is 1. The molecule has 1 atom stereocenters. The molecule has 3 aromatic carbocycles. The van der Waals surface area contributed by atoms with Crippen LogP contribution in [0.25, 0.3) is 10.9 Å². The number of aromatic amines is 1. The summed E-state index contributed by atoms with van der Waals surface area (Å²) in [4.78, 5) is 31.6. The number of anilines is 1. The van der Waals surface area contributed by atoms with E-state index in [1.807, 2.05) is 57.3 Å². The third-order valence-electron chi connectivity index (χ3n) is 7.40. The summed E-state index contributed by atoms with van der Waals surface area (Å²) < 4.78 is 6.46. The van der Waals surface area contributed by atoms with Crippen LogP contribution in [0.1, 0.15) is 68.3 Å². The average Bonchev–Trinajstić information content (AvgIpc) is 3.60. The first kappa shape index (κ1) is 28.9. The Morgan fingerprint density at radius 1 is 1.02 bits per heavy atom. The van der Waals surface area contributed by atoms with Crippen LogP contribution in [-0.2, 0) is 27.2 Å². The maximum atomic E-state index is 13.6. The van der Waals surface area contributed by atoms with E-state index in [0.29, 0.717) is 12.8 Å². The van der Waals surface area contributed by atoms with Crippen LogP contribution in [0, 0.1) is 0 Å². The molecular formula is C34H38BrN3O3. The third kappa shape index (κ3) is 7.39. The van der Waals surface area contributed by atoms with Crippen LogP contribution in [0.5, 0.6) is 0 Å². The molecule has 2 N–H and O–H groups in total. The molecule has 0 spiro atoms. The highest BCUT2D eigenvalue weighted by atomic mass is 79.9. The number of aromatic nitrogens is 1. The van der Waals surface area contributed by atoms with E-state index in [2.05, 4.69) is 67.5 Å². The molecule has 1 fully saturated rings. The molecule has 41 heavy (non-hydrogen) atoms. The van der Waals surface area contributed by atoms with Crippen molar-refractivity contribution < 1.29 is 14.3 Å². The number of hydrogen-bond acceptors (Lipinski definition) is 4. The van der Waals surface area contributed by atoms with Crippen LogP contribution < -0.4 is 10.2 Å². The summed E-state index contributed by atoms with van der Waals surface area (Å²) in [5.74, 6) is -0.258. The molecule has 1 unspecified atom stereocenters. The van der Waals surface area contributed by atoms with Crippen LogP contribution in [0.2, 0.25) is 0 Å². The molecule has 1 aromatic heterocycles. The zero-order valence-electron chi connectivity index (χ0n) is 24.0. The molecule has 4 aromatic rings. The van der Waals surface area contributed by atoms with Gasteiger partial charge in [-0.05, 0) is 87.1 Å². The lowest BCUT2D eigenvalue weighted by atomic mass is 9.96. The fourth-order valence-corrected chi connectivity index (χ4v) is 5.94. The smallest absolute Gasteiger partial charge is 0.306 e. The molecule has 1 amide bonds. The fraction of sp³-hybridized carbons (Fsp3) is 0.353. The minimum atomic E-state index is -0.499. The predicted octanol–water partition coefficient (Wildman–Crippen LogP) is 7.25. The number of fused-ring (bicyclic) bond motifs is 1. The highest BCUT2D eigenvalue weighted by Crippen LogP contribution is 2.35. The number of benzene rings is 3. The van der Waals surface area contributed by atoms with Crippen molar-refractivity contribution in [2.75, 3.05) is 18.0 Å². The van der Waals surface area contributed by atoms with Gasteiger partial charge in [-0.15, -0.1) is 0 Å². The molecule has 2 heterocycles. The quantitative estimate of drug-likeness (QED) is 0.194. The minimum absolute atomic E-state index is 0.0450. The first-order chi connectivity index (χ1) is 19.7. The van der Waals surface area contributed by atoms with Crippen molar-refractivity contribution >= 4 is 44.4 Å². The summed E-state index contributed by atoms with van der Waals surface area (Å²) >= 11 is 3.66. The van der Waals surface area contributed by atoms with Crippen molar-refractivity contribution in [1.82, 2.24) is 10.3 Å². The highest BCUT2D eigenvalue weighted by Gasteiger charge is 2.24. The second kappa shape index (κ2) is 12.5. The highest BCUT2D eigenvalue weighted by molar-refractivity contribution is 9.10. The predicted molar refractivity (Wildman–Crippen MR) is 168 cm³/mol. The Kier molecular flexibility index (Phi) is 8.83. The van der Waals surface area contributed by atoms with Gasteiger partial charge in [-0.1, -0.05) is 52.3 Å². The van der Waals surface area contributed by atoms with Crippen LogP contribution in [0.15, 0.2) is 77.4 Å². The Morgan fingerprint density at radius 3 is 2.51 bits per heavy atom. The standard InChI is InChI=1S/C34H38BrN3O3/c1-34(2,3)41-32(40)16-12-25-22-36-29-14-11-23(19-27(25)29)20-31(39)37-33(24-9-5-4-6-10-24)28-21-26(35)13-15-30(28)38-17-7-8-18-38/h4-6,9-11,13-15,19,21-22,33,36H,7-8,12,16-18,20H2,1-3H3,(H,37,39). The summed E-state index contributed by atoms with van der Waals surface area (Å²) in [6.07, 6.45) is 5.43. The molecule has 0 radical (unpaired) electrons. The SMILES string of the molecule is CC(C)(C)OC(=O)CCc1c[nH]c2ccc(CC(=O)NC(c3ccccc3)c3cc(Br)ccc3N3CCCC3)cc12. The zero-order valence-corrected chi connectivity index (χ0v) is 25.6. The van der Waals surface area contributed by atoms with Gasteiger partial charge in [0.25, 0.3) is 0 Å². The molecule has 0 bridgehead atoms. The van der Waals surface area contributed by atoms with Gasteiger partial charge in [0.05, 0.1) is 12.5 Å². The van der Waals surface area contributed by atoms with E-state index >= 15 is 0 Å². The van der Waals surface area contributed by atoms with E-state index in [9.17, 15) is 9.59 Å². The molecule has 0 aliphatic carbocycles. The Labute approximate surface area is 250 Å². The van der Waals surface area contributed by atoms with Crippen molar-refractivity contribution in [2.45, 2.75) is 64.5 Å². The van der Waals surface area contributed by atoms with Gasteiger partial charge in [-0.25, -0.2) is 0 Å². The second-order valence-electron chi connectivity index (χ2n) is 11.8. The molecule has 214 valence electrons. The van der Waals surface area contributed by atoms with E-state index in [4.69, 9.17) is 4.74 Å². The lowest BCUT2D eigenvalue weighted by molar-refractivity contribution is -0.154. The lowest BCUT2D eigenvalue weighted by Gasteiger charge is -2.27. The van der Waals surface area contributed by atoms with Crippen molar-refractivity contribution in [3.05, 3.63) is 99.7 Å². The Hall–Kier alpha value is -3.58. The first-order valence-corrected chi connectivity index (χ1v) is 15.1. The summed E-state index contributed by atoms with van der Waals surface area (Å²) in [6, 6.07) is 22.3. The average molecular weight is 617 g/mol. The maximum Gasteiger partial charge on any atom is 0.306 e. The molecule has 1 aliphatic rings. The largest absolute Gasteiger partial charge is 0.460 e. The fourth-order valence-electron chi connectivity index (χ4n) is 5.56. The van der Waals surface area contributed by atoms with Crippen molar-refractivity contribution in [2.24, 2.45) is 0 Å². The number of ether oxygens (including phenoxy) is 1. The molecule has 1 saturated heterocycles. The number of amides is 1. The summed E-state index contributed by atoms with van der Waals surface area (Å²) in [5, 5.41) is 4.38.